The molecule has 0 amide bonds. The van der Waals surface area contributed by atoms with Crippen LogP contribution in [-0.2, 0) is 0 Å². The molecule has 0 saturated carbocycles. The largest absolute Gasteiger partial charge is 0.317 e. The highest BCUT2D eigenvalue weighted by Gasteiger charge is 2.05. The maximum Gasteiger partial charge on any atom is 0.0534 e. The SMILES string of the molecule is c1ccc(-c2ccc3ccn(-c4ccccc4)c3c2)cc1. The van der Waals surface area contributed by atoms with E-state index in [1.54, 1.807) is 0 Å². The molecule has 1 aromatic heterocycles. The first-order valence-corrected chi connectivity index (χ1v) is 7.14. The lowest BCUT2D eigenvalue weighted by molar-refractivity contribution is 1.13. The molecular weight excluding hydrogens is 254 g/mol. The van der Waals surface area contributed by atoms with Crippen molar-refractivity contribution in [3.63, 3.8) is 0 Å². The van der Waals surface area contributed by atoms with Crippen molar-refractivity contribution >= 4 is 10.9 Å². The first kappa shape index (κ1) is 12.0. The summed E-state index contributed by atoms with van der Waals surface area (Å²) in [6.07, 6.45) is 2.13. The highest BCUT2D eigenvalue weighted by atomic mass is 15.0. The second-order valence-electron chi connectivity index (χ2n) is 5.16. The minimum Gasteiger partial charge on any atom is -0.317 e. The van der Waals surface area contributed by atoms with Gasteiger partial charge in [0.05, 0.1) is 5.52 Å². The van der Waals surface area contributed by atoms with Gasteiger partial charge in [0, 0.05) is 11.9 Å². The molecule has 3 aromatic carbocycles. The van der Waals surface area contributed by atoms with E-state index in [9.17, 15) is 0 Å². The molecule has 0 bridgehead atoms. The van der Waals surface area contributed by atoms with Crippen LogP contribution in [0.3, 0.4) is 0 Å². The van der Waals surface area contributed by atoms with E-state index < -0.39 is 0 Å². The number of aromatic nitrogens is 1. The summed E-state index contributed by atoms with van der Waals surface area (Å²) in [4.78, 5) is 0. The van der Waals surface area contributed by atoms with Crippen molar-refractivity contribution in [1.82, 2.24) is 4.57 Å². The van der Waals surface area contributed by atoms with Crippen molar-refractivity contribution in [1.29, 1.82) is 0 Å². The molecule has 21 heavy (non-hydrogen) atoms. The Bertz CT molecular complexity index is 874. The van der Waals surface area contributed by atoms with Crippen molar-refractivity contribution in [3.8, 4) is 16.8 Å². The molecule has 1 nitrogen and oxygen atoms in total. The Hall–Kier alpha value is -2.80. The molecule has 0 N–H and O–H groups in total. The smallest absolute Gasteiger partial charge is 0.0534 e. The molecule has 4 rings (SSSR count). The molecule has 1 heterocycles. The molecule has 0 fully saturated rings. The number of nitrogens with zero attached hydrogens (tertiary/aromatic N) is 1. The normalized spacial score (nSPS) is 10.9. The quantitative estimate of drug-likeness (QED) is 0.465. The van der Waals surface area contributed by atoms with Gasteiger partial charge in [0.25, 0.3) is 0 Å². The highest BCUT2D eigenvalue weighted by molar-refractivity contribution is 5.86. The van der Waals surface area contributed by atoms with E-state index in [4.69, 9.17) is 0 Å². The molecule has 0 aliphatic heterocycles. The Morgan fingerprint density at radius 3 is 2.05 bits per heavy atom. The average molecular weight is 269 g/mol. The number of hydrogen-bond acceptors (Lipinski definition) is 0. The van der Waals surface area contributed by atoms with Crippen LogP contribution in [0, 0.1) is 0 Å². The summed E-state index contributed by atoms with van der Waals surface area (Å²) >= 11 is 0. The second kappa shape index (κ2) is 4.95. The summed E-state index contributed by atoms with van der Waals surface area (Å²) in [5.74, 6) is 0. The van der Waals surface area contributed by atoms with E-state index in [1.165, 1.54) is 27.7 Å². The van der Waals surface area contributed by atoms with Gasteiger partial charge in [-0.15, -0.1) is 0 Å². The minimum atomic E-state index is 1.19. The third-order valence-electron chi connectivity index (χ3n) is 3.83. The summed E-state index contributed by atoms with van der Waals surface area (Å²) in [6.45, 7) is 0. The zero-order chi connectivity index (χ0) is 14.1. The van der Waals surface area contributed by atoms with E-state index >= 15 is 0 Å². The molecule has 0 unspecified atom stereocenters. The van der Waals surface area contributed by atoms with E-state index in [0.717, 1.165) is 0 Å². The number of para-hydroxylation sites is 1. The third kappa shape index (κ3) is 2.13. The number of benzene rings is 3. The van der Waals surface area contributed by atoms with Gasteiger partial charge in [-0.1, -0.05) is 60.7 Å². The Morgan fingerprint density at radius 2 is 1.29 bits per heavy atom. The van der Waals surface area contributed by atoms with Crippen LogP contribution in [-0.4, -0.2) is 4.57 Å². The van der Waals surface area contributed by atoms with E-state index in [2.05, 4.69) is 89.6 Å². The summed E-state index contributed by atoms with van der Waals surface area (Å²) in [7, 11) is 0. The predicted octanol–water partition coefficient (Wildman–Crippen LogP) is 5.30. The van der Waals surface area contributed by atoms with Gasteiger partial charge in [0.2, 0.25) is 0 Å². The molecule has 0 atom stereocenters. The van der Waals surface area contributed by atoms with Gasteiger partial charge in [-0.2, -0.15) is 0 Å². The highest BCUT2D eigenvalue weighted by Crippen LogP contribution is 2.26. The molecule has 0 radical (unpaired) electrons. The van der Waals surface area contributed by atoms with Gasteiger partial charge in [0.1, 0.15) is 0 Å². The molecule has 0 aliphatic carbocycles. The number of fused-ring (bicyclic) bond motifs is 1. The average Bonchev–Trinajstić information content (AvgIpc) is 2.99. The van der Waals surface area contributed by atoms with E-state index in [1.807, 2.05) is 6.07 Å². The van der Waals surface area contributed by atoms with Crippen LogP contribution >= 0.6 is 0 Å². The molecule has 4 aromatic rings. The van der Waals surface area contributed by atoms with E-state index in [-0.39, 0.29) is 0 Å². The van der Waals surface area contributed by atoms with Crippen LogP contribution in [0.5, 0.6) is 0 Å². The van der Waals surface area contributed by atoms with Gasteiger partial charge in [-0.25, -0.2) is 0 Å². The standard InChI is InChI=1S/C20H15N/c1-3-7-16(8-4-1)18-12-11-17-13-14-21(20(17)15-18)19-9-5-2-6-10-19/h1-15H. The Balaban J connectivity index is 1.91. The lowest BCUT2D eigenvalue weighted by Crippen LogP contribution is -1.91. The third-order valence-corrected chi connectivity index (χ3v) is 3.83. The van der Waals surface area contributed by atoms with Gasteiger partial charge >= 0.3 is 0 Å². The van der Waals surface area contributed by atoms with Crippen LogP contribution in [0.25, 0.3) is 27.7 Å². The van der Waals surface area contributed by atoms with Gasteiger partial charge < -0.3 is 4.57 Å². The van der Waals surface area contributed by atoms with Crippen molar-refractivity contribution in [2.75, 3.05) is 0 Å². The van der Waals surface area contributed by atoms with Gasteiger partial charge in [-0.3, -0.25) is 0 Å². The first-order chi connectivity index (χ1) is 10.4. The monoisotopic (exact) mass is 269 g/mol. The Labute approximate surface area is 124 Å². The summed E-state index contributed by atoms with van der Waals surface area (Å²) < 4.78 is 2.24. The first-order valence-electron chi connectivity index (χ1n) is 7.14. The fourth-order valence-corrected chi connectivity index (χ4v) is 2.75. The van der Waals surface area contributed by atoms with Crippen LogP contribution in [0.2, 0.25) is 0 Å². The fourth-order valence-electron chi connectivity index (χ4n) is 2.75. The van der Waals surface area contributed by atoms with Crippen LogP contribution in [0.1, 0.15) is 0 Å². The minimum absolute atomic E-state index is 1.19. The Morgan fingerprint density at radius 1 is 0.571 bits per heavy atom. The van der Waals surface area contributed by atoms with Gasteiger partial charge in [0.15, 0.2) is 0 Å². The summed E-state index contributed by atoms with van der Waals surface area (Å²) in [6, 6.07) is 29.8. The van der Waals surface area contributed by atoms with Crippen molar-refractivity contribution in [2.24, 2.45) is 0 Å². The zero-order valence-electron chi connectivity index (χ0n) is 11.6. The lowest BCUT2D eigenvalue weighted by atomic mass is 10.0. The number of hydrogen-bond donors (Lipinski definition) is 0. The summed E-state index contributed by atoms with van der Waals surface area (Å²) in [5, 5.41) is 1.26. The number of rotatable bonds is 2. The summed E-state index contributed by atoms with van der Waals surface area (Å²) in [5.41, 5.74) is 4.93. The zero-order valence-corrected chi connectivity index (χ0v) is 11.6. The van der Waals surface area contributed by atoms with E-state index in [0.29, 0.717) is 0 Å². The van der Waals surface area contributed by atoms with Crippen LogP contribution in [0.4, 0.5) is 0 Å². The maximum absolute atomic E-state index is 2.26. The molecule has 1 heteroatoms. The molecule has 0 spiro atoms. The molecule has 100 valence electrons. The van der Waals surface area contributed by atoms with Crippen molar-refractivity contribution in [3.05, 3.63) is 91.1 Å². The topological polar surface area (TPSA) is 4.93 Å². The molecule has 0 aliphatic rings. The lowest BCUT2D eigenvalue weighted by Gasteiger charge is -2.07. The van der Waals surface area contributed by atoms with Gasteiger partial charge in [-0.05, 0) is 40.8 Å². The Kier molecular flexibility index (Phi) is 2.82. The molecular formula is C20H15N. The van der Waals surface area contributed by atoms with Crippen LogP contribution < -0.4 is 0 Å². The van der Waals surface area contributed by atoms with Crippen LogP contribution in [0.15, 0.2) is 91.1 Å². The fraction of sp³-hybridized carbons (Fsp3) is 0. The molecule has 0 saturated heterocycles. The maximum atomic E-state index is 2.26. The van der Waals surface area contributed by atoms with Crippen molar-refractivity contribution < 1.29 is 0 Å². The predicted molar refractivity (Wildman–Crippen MR) is 88.7 cm³/mol. The second-order valence-corrected chi connectivity index (χ2v) is 5.16. The van der Waals surface area contributed by atoms with Crippen molar-refractivity contribution in [2.45, 2.75) is 0 Å².